The maximum Gasteiger partial charge on any atom is 0.259 e. The summed E-state index contributed by atoms with van der Waals surface area (Å²) in [6.07, 6.45) is 1.74. The predicted molar refractivity (Wildman–Crippen MR) is 129 cm³/mol. The van der Waals surface area contributed by atoms with Crippen LogP contribution in [0.3, 0.4) is 0 Å². The first-order chi connectivity index (χ1) is 15.9. The van der Waals surface area contributed by atoms with E-state index < -0.39 is 0 Å². The minimum atomic E-state index is -0.143. The van der Waals surface area contributed by atoms with Crippen molar-refractivity contribution in [2.75, 3.05) is 40.5 Å². The molecule has 0 bridgehead atoms. The molecule has 2 aromatic rings. The second-order valence-electron chi connectivity index (χ2n) is 7.89. The monoisotopic (exact) mass is 456 g/mol. The van der Waals surface area contributed by atoms with Crippen LogP contribution in [0.25, 0.3) is 0 Å². The molecule has 7 nitrogen and oxygen atoms in total. The summed E-state index contributed by atoms with van der Waals surface area (Å²) in [6, 6.07) is 12.8. The van der Waals surface area contributed by atoms with Crippen molar-refractivity contribution in [2.24, 2.45) is 0 Å². The quantitative estimate of drug-likeness (QED) is 0.447. The zero-order valence-electron chi connectivity index (χ0n) is 20.4. The highest BCUT2D eigenvalue weighted by Gasteiger charge is 2.18. The van der Waals surface area contributed by atoms with Gasteiger partial charge >= 0.3 is 0 Å². The normalized spacial score (nSPS) is 10.5. The molecule has 0 N–H and O–H groups in total. The Hall–Kier alpha value is -3.22. The Morgan fingerprint density at radius 3 is 2.33 bits per heavy atom. The summed E-state index contributed by atoms with van der Waals surface area (Å²) in [5, 5.41) is 0. The van der Waals surface area contributed by atoms with Crippen LogP contribution in [0.2, 0.25) is 0 Å². The number of carbonyl (C=O) groups is 2. The number of nitrogens with zero attached hydrogens (tertiary/aromatic N) is 2. The van der Waals surface area contributed by atoms with Crippen LogP contribution < -0.4 is 14.2 Å². The number of hydrogen-bond acceptors (Lipinski definition) is 5. The van der Waals surface area contributed by atoms with Gasteiger partial charge in [0.05, 0.1) is 13.2 Å². The van der Waals surface area contributed by atoms with Gasteiger partial charge in [-0.2, -0.15) is 0 Å². The molecule has 33 heavy (non-hydrogen) atoms. The molecule has 180 valence electrons. The van der Waals surface area contributed by atoms with Gasteiger partial charge in [-0.05, 0) is 55.7 Å². The summed E-state index contributed by atoms with van der Waals surface area (Å²) < 4.78 is 17.1. The van der Waals surface area contributed by atoms with Crippen LogP contribution in [0.5, 0.6) is 17.2 Å². The highest BCUT2D eigenvalue weighted by atomic mass is 16.5. The highest BCUT2D eigenvalue weighted by molar-refractivity contribution is 5.94. The van der Waals surface area contributed by atoms with Crippen LogP contribution in [-0.2, 0) is 11.3 Å². The summed E-state index contributed by atoms with van der Waals surface area (Å²) >= 11 is 0. The number of ether oxygens (including phenoxy) is 3. The fourth-order valence-electron chi connectivity index (χ4n) is 3.17. The molecule has 0 aliphatic heterocycles. The van der Waals surface area contributed by atoms with Gasteiger partial charge in [0.1, 0.15) is 5.75 Å². The van der Waals surface area contributed by atoms with E-state index in [2.05, 4.69) is 6.92 Å². The third kappa shape index (κ3) is 8.00. The van der Waals surface area contributed by atoms with E-state index in [1.54, 1.807) is 38.4 Å². The minimum Gasteiger partial charge on any atom is -0.490 e. The van der Waals surface area contributed by atoms with Crippen molar-refractivity contribution in [1.29, 1.82) is 0 Å². The van der Waals surface area contributed by atoms with Crippen LogP contribution in [0.15, 0.2) is 42.5 Å². The lowest BCUT2D eigenvalue weighted by atomic mass is 10.1. The average Bonchev–Trinajstić information content (AvgIpc) is 2.81. The molecule has 0 aliphatic rings. The lowest BCUT2D eigenvalue weighted by molar-refractivity contribution is -0.130. The lowest BCUT2D eigenvalue weighted by Crippen LogP contribution is -2.31. The van der Waals surface area contributed by atoms with Crippen LogP contribution in [0.4, 0.5) is 0 Å². The van der Waals surface area contributed by atoms with Crippen molar-refractivity contribution in [3.63, 3.8) is 0 Å². The van der Waals surface area contributed by atoms with E-state index in [0.29, 0.717) is 49.1 Å². The number of likely N-dealkylation sites (N-methyl/N-ethyl adjacent to an activating group) is 1. The molecule has 0 atom stereocenters. The summed E-state index contributed by atoms with van der Waals surface area (Å²) in [6.45, 7) is 8.18. The third-order valence-corrected chi connectivity index (χ3v) is 4.87. The van der Waals surface area contributed by atoms with Crippen molar-refractivity contribution in [2.45, 2.75) is 40.2 Å². The van der Waals surface area contributed by atoms with E-state index in [9.17, 15) is 9.59 Å². The van der Waals surface area contributed by atoms with E-state index in [0.717, 1.165) is 18.4 Å². The van der Waals surface area contributed by atoms with Crippen LogP contribution in [-0.4, -0.2) is 62.1 Å². The Labute approximate surface area is 197 Å². The Bertz CT molecular complexity index is 913. The molecule has 2 amide bonds. The van der Waals surface area contributed by atoms with Crippen molar-refractivity contribution < 1.29 is 23.8 Å². The van der Waals surface area contributed by atoms with Gasteiger partial charge in [0.15, 0.2) is 18.1 Å². The summed E-state index contributed by atoms with van der Waals surface area (Å²) in [5.41, 5.74) is 1.49. The zero-order chi connectivity index (χ0) is 24.2. The molecule has 0 fully saturated rings. The Kier molecular flexibility index (Phi) is 10.5. The number of benzene rings is 2. The molecule has 0 radical (unpaired) electrons. The number of hydrogen-bond donors (Lipinski definition) is 0. The smallest absolute Gasteiger partial charge is 0.259 e. The molecular weight excluding hydrogens is 420 g/mol. The maximum atomic E-state index is 13.3. The number of rotatable bonds is 13. The van der Waals surface area contributed by atoms with E-state index in [-0.39, 0.29) is 18.4 Å². The van der Waals surface area contributed by atoms with Crippen LogP contribution in [0, 0.1) is 0 Å². The first-order valence-corrected chi connectivity index (χ1v) is 11.5. The molecular formula is C26H36N2O5. The molecule has 0 aromatic heterocycles. The second kappa shape index (κ2) is 13.4. The maximum absolute atomic E-state index is 13.3. The van der Waals surface area contributed by atoms with Gasteiger partial charge in [0.25, 0.3) is 11.8 Å². The first kappa shape index (κ1) is 26.0. The predicted octanol–water partition coefficient (Wildman–Crippen LogP) is 4.39. The Balaban J connectivity index is 2.18. The van der Waals surface area contributed by atoms with Gasteiger partial charge < -0.3 is 24.0 Å². The molecule has 0 heterocycles. The standard InChI is InChI=1S/C26H36N2O5/c1-6-14-28(18-20-12-13-23(32-15-7-2)24(16-20)31-8-3)26(30)21-10-9-11-22(17-21)33-19-25(29)27(4)5/h9-13,16-17H,6-8,14-15,18-19H2,1-5H3. The summed E-state index contributed by atoms with van der Waals surface area (Å²) in [4.78, 5) is 28.4. The zero-order valence-corrected chi connectivity index (χ0v) is 20.4. The van der Waals surface area contributed by atoms with Crippen molar-refractivity contribution in [3.05, 3.63) is 53.6 Å². The molecule has 0 saturated heterocycles. The van der Waals surface area contributed by atoms with Gasteiger partial charge in [0.2, 0.25) is 0 Å². The lowest BCUT2D eigenvalue weighted by Gasteiger charge is -2.23. The minimum absolute atomic E-state index is 0.0734. The fraction of sp³-hybridized carbons (Fsp3) is 0.462. The fourth-order valence-corrected chi connectivity index (χ4v) is 3.17. The molecule has 0 aliphatic carbocycles. The van der Waals surface area contributed by atoms with Crippen LogP contribution >= 0.6 is 0 Å². The average molecular weight is 457 g/mol. The van der Waals surface area contributed by atoms with Gasteiger partial charge in [-0.1, -0.05) is 26.0 Å². The van der Waals surface area contributed by atoms with Crippen molar-refractivity contribution in [1.82, 2.24) is 9.80 Å². The number of carbonyl (C=O) groups excluding carboxylic acids is 2. The highest BCUT2D eigenvalue weighted by Crippen LogP contribution is 2.29. The van der Waals surface area contributed by atoms with Gasteiger partial charge in [0, 0.05) is 32.7 Å². The third-order valence-electron chi connectivity index (χ3n) is 4.87. The van der Waals surface area contributed by atoms with E-state index in [1.807, 2.05) is 36.9 Å². The summed E-state index contributed by atoms with van der Waals surface area (Å²) in [5.74, 6) is 1.66. The van der Waals surface area contributed by atoms with Crippen LogP contribution in [0.1, 0.15) is 49.5 Å². The molecule has 2 aromatic carbocycles. The van der Waals surface area contributed by atoms with Gasteiger partial charge in [-0.3, -0.25) is 9.59 Å². The molecule has 0 unspecified atom stereocenters. The van der Waals surface area contributed by atoms with Crippen molar-refractivity contribution in [3.8, 4) is 17.2 Å². The van der Waals surface area contributed by atoms with E-state index >= 15 is 0 Å². The number of amides is 2. The molecule has 0 saturated carbocycles. The van der Waals surface area contributed by atoms with Gasteiger partial charge in [-0.25, -0.2) is 0 Å². The molecule has 2 rings (SSSR count). The molecule has 0 spiro atoms. The largest absolute Gasteiger partial charge is 0.490 e. The van der Waals surface area contributed by atoms with Crippen molar-refractivity contribution >= 4 is 11.8 Å². The Morgan fingerprint density at radius 2 is 1.67 bits per heavy atom. The van der Waals surface area contributed by atoms with E-state index in [4.69, 9.17) is 14.2 Å². The van der Waals surface area contributed by atoms with Gasteiger partial charge in [-0.15, -0.1) is 0 Å². The Morgan fingerprint density at radius 1 is 0.879 bits per heavy atom. The second-order valence-corrected chi connectivity index (χ2v) is 7.89. The topological polar surface area (TPSA) is 68.3 Å². The SMILES string of the molecule is CCCOc1ccc(CN(CCC)C(=O)c2cccc(OCC(=O)N(C)C)c2)cc1OCC. The first-order valence-electron chi connectivity index (χ1n) is 11.5. The van der Waals surface area contributed by atoms with E-state index in [1.165, 1.54) is 4.90 Å². The summed E-state index contributed by atoms with van der Waals surface area (Å²) in [7, 11) is 3.35. The molecule has 7 heteroatoms.